The van der Waals surface area contributed by atoms with Crippen molar-refractivity contribution in [3.63, 3.8) is 0 Å². The summed E-state index contributed by atoms with van der Waals surface area (Å²) in [6, 6.07) is 7.49. The molecule has 0 aliphatic heterocycles. The van der Waals surface area contributed by atoms with E-state index in [0.717, 1.165) is 5.56 Å². The quantitative estimate of drug-likeness (QED) is 0.898. The van der Waals surface area contributed by atoms with Crippen molar-refractivity contribution in [2.24, 2.45) is 0 Å². The zero-order chi connectivity index (χ0) is 13.1. The van der Waals surface area contributed by atoms with Gasteiger partial charge in [0.25, 0.3) is 0 Å². The first-order chi connectivity index (χ1) is 7.79. The van der Waals surface area contributed by atoms with Crippen molar-refractivity contribution in [1.82, 2.24) is 5.32 Å². The zero-order valence-corrected chi connectivity index (χ0v) is 11.8. The van der Waals surface area contributed by atoms with Gasteiger partial charge in [-0.25, -0.2) is 8.42 Å². The van der Waals surface area contributed by atoms with Crippen molar-refractivity contribution in [3.8, 4) is 0 Å². The third-order valence-electron chi connectivity index (χ3n) is 2.46. The van der Waals surface area contributed by atoms with Crippen molar-refractivity contribution >= 4 is 21.4 Å². The second kappa shape index (κ2) is 5.85. The van der Waals surface area contributed by atoms with Gasteiger partial charge >= 0.3 is 0 Å². The lowest BCUT2D eigenvalue weighted by atomic mass is 10.1. The van der Waals surface area contributed by atoms with Gasteiger partial charge in [0.15, 0.2) is 0 Å². The second-order valence-electron chi connectivity index (χ2n) is 4.40. The molecular formula is C12H18ClNO2S. The highest BCUT2D eigenvalue weighted by Gasteiger charge is 2.15. The summed E-state index contributed by atoms with van der Waals surface area (Å²) in [5.74, 6) is 0.127. The first kappa shape index (κ1) is 14.5. The zero-order valence-electron chi connectivity index (χ0n) is 10.3. The number of hydrogen-bond acceptors (Lipinski definition) is 3. The van der Waals surface area contributed by atoms with Crippen molar-refractivity contribution in [2.45, 2.75) is 25.9 Å². The normalized spacial score (nSPS) is 15.5. The van der Waals surface area contributed by atoms with Gasteiger partial charge in [-0.1, -0.05) is 29.8 Å². The summed E-state index contributed by atoms with van der Waals surface area (Å²) >= 11 is 6.08. The van der Waals surface area contributed by atoms with E-state index in [9.17, 15) is 8.42 Å². The van der Waals surface area contributed by atoms with Crippen LogP contribution in [0, 0.1) is 0 Å². The van der Waals surface area contributed by atoms with Gasteiger partial charge in [-0.3, -0.25) is 0 Å². The van der Waals surface area contributed by atoms with E-state index in [1.54, 1.807) is 0 Å². The van der Waals surface area contributed by atoms with Crippen LogP contribution in [-0.2, 0) is 9.84 Å². The number of sulfone groups is 1. The molecule has 1 aromatic carbocycles. The SMILES string of the molecule is CC(CS(C)(=O)=O)N[C@@H](C)c1ccccc1Cl. The standard InChI is InChI=1S/C12H18ClNO2S/c1-9(8-17(3,15)16)14-10(2)11-6-4-5-7-12(11)13/h4-7,9-10,14H,8H2,1-3H3/t9?,10-/m0/s1. The highest BCUT2D eigenvalue weighted by molar-refractivity contribution is 7.90. The number of nitrogens with one attached hydrogen (secondary N) is 1. The van der Waals surface area contributed by atoms with Gasteiger partial charge in [-0.05, 0) is 25.5 Å². The van der Waals surface area contributed by atoms with Crippen molar-refractivity contribution < 1.29 is 8.42 Å². The smallest absolute Gasteiger partial charge is 0.148 e. The predicted molar refractivity (Wildman–Crippen MR) is 72.2 cm³/mol. The van der Waals surface area contributed by atoms with Gasteiger partial charge < -0.3 is 5.32 Å². The minimum Gasteiger partial charge on any atom is -0.307 e. The van der Waals surface area contributed by atoms with Crippen molar-refractivity contribution in [1.29, 1.82) is 0 Å². The molecule has 0 heterocycles. The molecule has 0 saturated carbocycles. The number of hydrogen-bond donors (Lipinski definition) is 1. The Morgan fingerprint density at radius 1 is 1.29 bits per heavy atom. The topological polar surface area (TPSA) is 46.2 Å². The maximum atomic E-state index is 11.2. The van der Waals surface area contributed by atoms with Gasteiger partial charge in [0, 0.05) is 23.4 Å². The Balaban J connectivity index is 2.67. The fraction of sp³-hybridized carbons (Fsp3) is 0.500. The highest BCUT2D eigenvalue weighted by Crippen LogP contribution is 2.22. The summed E-state index contributed by atoms with van der Waals surface area (Å²) in [6.07, 6.45) is 1.24. The molecule has 0 fully saturated rings. The Morgan fingerprint density at radius 2 is 1.88 bits per heavy atom. The summed E-state index contributed by atoms with van der Waals surface area (Å²) in [4.78, 5) is 0. The molecule has 1 aromatic rings. The van der Waals surface area contributed by atoms with Crippen LogP contribution < -0.4 is 5.32 Å². The molecule has 0 aliphatic carbocycles. The molecule has 0 aliphatic rings. The molecular weight excluding hydrogens is 258 g/mol. The lowest BCUT2D eigenvalue weighted by Gasteiger charge is -2.20. The predicted octanol–water partition coefficient (Wildman–Crippen LogP) is 2.42. The van der Waals surface area contributed by atoms with Crippen molar-refractivity contribution in [3.05, 3.63) is 34.9 Å². The van der Waals surface area contributed by atoms with Gasteiger partial charge in [-0.2, -0.15) is 0 Å². The molecule has 3 nitrogen and oxygen atoms in total. The van der Waals surface area contributed by atoms with Crippen LogP contribution in [0.5, 0.6) is 0 Å². The molecule has 5 heteroatoms. The first-order valence-corrected chi connectivity index (χ1v) is 7.91. The third-order valence-corrected chi connectivity index (χ3v) is 3.91. The maximum Gasteiger partial charge on any atom is 0.148 e. The van der Waals surface area contributed by atoms with Crippen molar-refractivity contribution in [2.75, 3.05) is 12.0 Å². The van der Waals surface area contributed by atoms with E-state index in [1.807, 2.05) is 38.1 Å². The van der Waals surface area contributed by atoms with Gasteiger partial charge in [-0.15, -0.1) is 0 Å². The fourth-order valence-electron chi connectivity index (χ4n) is 1.85. The monoisotopic (exact) mass is 275 g/mol. The van der Waals surface area contributed by atoms with Crippen LogP contribution in [0.2, 0.25) is 5.02 Å². The van der Waals surface area contributed by atoms with E-state index in [2.05, 4.69) is 5.32 Å². The summed E-state index contributed by atoms with van der Waals surface area (Å²) in [7, 11) is -2.96. The molecule has 96 valence electrons. The maximum absolute atomic E-state index is 11.2. The highest BCUT2D eigenvalue weighted by atomic mass is 35.5. The Labute approximate surface area is 108 Å². The van der Waals surface area contributed by atoms with Crippen LogP contribution in [0.1, 0.15) is 25.5 Å². The van der Waals surface area contributed by atoms with Crippen LogP contribution >= 0.6 is 11.6 Å². The molecule has 1 N–H and O–H groups in total. The average Bonchev–Trinajstić information content (AvgIpc) is 2.14. The fourth-order valence-corrected chi connectivity index (χ4v) is 3.15. The molecule has 0 radical (unpaired) electrons. The van der Waals surface area contributed by atoms with Gasteiger partial charge in [0.2, 0.25) is 0 Å². The van der Waals surface area contributed by atoms with Crippen LogP contribution in [0.3, 0.4) is 0 Å². The second-order valence-corrected chi connectivity index (χ2v) is 7.00. The van der Waals surface area contributed by atoms with E-state index in [0.29, 0.717) is 5.02 Å². The minimum atomic E-state index is -2.96. The van der Waals surface area contributed by atoms with Crippen LogP contribution in [0.25, 0.3) is 0 Å². The molecule has 0 saturated heterocycles. The van der Waals surface area contributed by atoms with E-state index in [1.165, 1.54) is 6.26 Å². The van der Waals surface area contributed by atoms with E-state index < -0.39 is 9.84 Å². The lowest BCUT2D eigenvalue weighted by molar-refractivity contribution is 0.501. The number of halogens is 1. The molecule has 17 heavy (non-hydrogen) atoms. The van der Waals surface area contributed by atoms with E-state index in [4.69, 9.17) is 11.6 Å². The molecule has 1 unspecified atom stereocenters. The molecule has 0 amide bonds. The number of rotatable bonds is 5. The first-order valence-electron chi connectivity index (χ1n) is 5.48. The van der Waals surface area contributed by atoms with Gasteiger partial charge in [0.05, 0.1) is 5.75 Å². The molecule has 1 rings (SSSR count). The molecule has 0 bridgehead atoms. The van der Waals surface area contributed by atoms with E-state index >= 15 is 0 Å². The summed E-state index contributed by atoms with van der Waals surface area (Å²) < 4.78 is 22.3. The third kappa shape index (κ3) is 5.06. The Bertz CT molecular complexity index is 473. The summed E-state index contributed by atoms with van der Waals surface area (Å²) in [6.45, 7) is 3.83. The largest absolute Gasteiger partial charge is 0.307 e. The lowest BCUT2D eigenvalue weighted by Crippen LogP contribution is -2.34. The molecule has 0 spiro atoms. The Hall–Kier alpha value is -0.580. The van der Waals surface area contributed by atoms with Crippen LogP contribution in [0.15, 0.2) is 24.3 Å². The Kier molecular flexibility index (Phi) is 4.98. The summed E-state index contributed by atoms with van der Waals surface area (Å²) in [5.41, 5.74) is 0.981. The van der Waals surface area contributed by atoms with Crippen LogP contribution in [0.4, 0.5) is 0 Å². The minimum absolute atomic E-state index is 0.0282. The average molecular weight is 276 g/mol. The molecule has 0 aromatic heterocycles. The van der Waals surface area contributed by atoms with Gasteiger partial charge in [0.1, 0.15) is 9.84 Å². The summed E-state index contributed by atoms with van der Waals surface area (Å²) in [5, 5.41) is 3.92. The molecule has 2 atom stereocenters. The Morgan fingerprint density at radius 3 is 2.41 bits per heavy atom. The number of benzene rings is 1. The van der Waals surface area contributed by atoms with E-state index in [-0.39, 0.29) is 17.8 Å². The van der Waals surface area contributed by atoms with Crippen LogP contribution in [-0.4, -0.2) is 26.5 Å².